The summed E-state index contributed by atoms with van der Waals surface area (Å²) in [5, 5.41) is 24.3. The van der Waals surface area contributed by atoms with E-state index in [0.29, 0.717) is 80.6 Å². The molecule has 3 aromatic rings. The zero-order valence-electron chi connectivity index (χ0n) is 35.3. The fourth-order valence-corrected chi connectivity index (χ4v) is 10.3. The minimum absolute atomic E-state index is 0.0624. The molecule has 7 heteroatoms. The first-order chi connectivity index (χ1) is 27.3. The topological polar surface area (TPSA) is 96.3 Å². The molecule has 7 rings (SSSR count). The Balaban J connectivity index is 1.40. The van der Waals surface area contributed by atoms with Gasteiger partial charge in [0.25, 0.3) is 0 Å². The summed E-state index contributed by atoms with van der Waals surface area (Å²) in [6, 6.07) is 24.0. The summed E-state index contributed by atoms with van der Waals surface area (Å²) in [6.07, 6.45) is 9.30. The highest BCUT2D eigenvalue weighted by Crippen LogP contribution is 2.59. The van der Waals surface area contributed by atoms with Crippen LogP contribution in [0.15, 0.2) is 84.4 Å². The Hall–Kier alpha value is -3.78. The number of allylic oxidation sites excluding steroid dienone is 2. The summed E-state index contributed by atoms with van der Waals surface area (Å²) in [7, 11) is 1.67. The highest BCUT2D eigenvalue weighted by molar-refractivity contribution is 6.13. The van der Waals surface area contributed by atoms with E-state index < -0.39 is 17.1 Å². The van der Waals surface area contributed by atoms with Gasteiger partial charge in [-0.1, -0.05) is 112 Å². The summed E-state index contributed by atoms with van der Waals surface area (Å²) in [5.74, 6) is 0.980. The summed E-state index contributed by atoms with van der Waals surface area (Å²) < 4.78 is 11.9. The molecule has 308 valence electrons. The van der Waals surface area contributed by atoms with Gasteiger partial charge in [0.2, 0.25) is 0 Å². The molecule has 0 radical (unpaired) electrons. The van der Waals surface area contributed by atoms with Crippen molar-refractivity contribution in [1.29, 1.82) is 0 Å². The lowest BCUT2D eigenvalue weighted by atomic mass is 9.64. The molecule has 7 atom stereocenters. The minimum atomic E-state index is -1.25. The third-order valence-electron chi connectivity index (χ3n) is 13.9. The number of aliphatic hydroxyl groups is 2. The second kappa shape index (κ2) is 18.9. The molecular weight excluding hydrogens is 711 g/mol. The maximum absolute atomic E-state index is 15.1. The molecular formula is C50H67NO6. The Morgan fingerprint density at radius 2 is 1.70 bits per heavy atom. The standard InChI is InChI=1S/C50H67NO6/c1-34(2)40-23-20-36(4)30-46(40)57-48(54)51(28-13-29-56-6)33-50(55)27-25-45-42-24-21-37(31-39(52)22-19-35(3)14-12-26-49(45,50)5)32-44(42)47(53)43-18-11-10-17-41(43)38-15-8-7-9-16-38/h7-11,14-18,21,24,32,34,36,39-40,45-46,52,55H,12-13,19-20,22-23,25-31,33H2,1-6H3/t36-,39-,40+,45-,46-,49-,50+/m0/s1. The first-order valence-electron chi connectivity index (χ1n) is 21.7. The van der Waals surface area contributed by atoms with Gasteiger partial charge < -0.3 is 24.6 Å². The summed E-state index contributed by atoms with van der Waals surface area (Å²) in [6.45, 7) is 12.0. The van der Waals surface area contributed by atoms with Gasteiger partial charge in [0.1, 0.15) is 6.10 Å². The molecule has 2 fully saturated rings. The lowest BCUT2D eigenvalue weighted by molar-refractivity contribution is -0.0868. The van der Waals surface area contributed by atoms with Gasteiger partial charge in [0, 0.05) is 36.8 Å². The van der Waals surface area contributed by atoms with E-state index >= 15 is 4.79 Å². The zero-order chi connectivity index (χ0) is 40.7. The number of rotatable bonds is 11. The van der Waals surface area contributed by atoms with Crippen LogP contribution in [-0.4, -0.2) is 71.6 Å². The third kappa shape index (κ3) is 9.75. The number of hydrogen-bond acceptors (Lipinski definition) is 6. The summed E-state index contributed by atoms with van der Waals surface area (Å²) in [5.41, 5.74) is 4.21. The highest BCUT2D eigenvalue weighted by atomic mass is 16.6. The van der Waals surface area contributed by atoms with Gasteiger partial charge in [0.15, 0.2) is 5.78 Å². The molecule has 4 aliphatic rings. The molecule has 2 saturated carbocycles. The molecule has 7 nitrogen and oxygen atoms in total. The fourth-order valence-electron chi connectivity index (χ4n) is 10.3. The molecule has 0 spiro atoms. The number of amides is 1. The van der Waals surface area contributed by atoms with Crippen molar-refractivity contribution in [2.75, 3.05) is 26.8 Å². The normalized spacial score (nSPS) is 28.0. The van der Waals surface area contributed by atoms with Crippen molar-refractivity contribution in [3.05, 3.63) is 107 Å². The fraction of sp³-hybridized carbons (Fsp3) is 0.560. The van der Waals surface area contributed by atoms with E-state index in [1.807, 2.05) is 60.7 Å². The number of methoxy groups -OCH3 is 1. The monoisotopic (exact) mass is 777 g/mol. The van der Waals surface area contributed by atoms with Crippen LogP contribution < -0.4 is 0 Å². The lowest BCUT2D eigenvalue weighted by Crippen LogP contribution is -2.54. The number of ether oxygens (including phenoxy) is 2. The quantitative estimate of drug-likeness (QED) is 0.114. The van der Waals surface area contributed by atoms with E-state index in [2.05, 4.69) is 52.8 Å². The molecule has 57 heavy (non-hydrogen) atoms. The Bertz CT molecular complexity index is 1850. The maximum atomic E-state index is 15.1. The average molecular weight is 778 g/mol. The Kier molecular flexibility index (Phi) is 14.2. The second-order valence-electron chi connectivity index (χ2n) is 18.2. The molecule has 3 aromatic carbocycles. The van der Waals surface area contributed by atoms with E-state index in [4.69, 9.17) is 9.47 Å². The van der Waals surface area contributed by atoms with Gasteiger partial charge in [-0.25, -0.2) is 4.79 Å². The second-order valence-corrected chi connectivity index (χ2v) is 18.2. The number of fused-ring (bicyclic) bond motifs is 8. The minimum Gasteiger partial charge on any atom is -0.446 e. The van der Waals surface area contributed by atoms with Crippen LogP contribution in [0.4, 0.5) is 4.79 Å². The van der Waals surface area contributed by atoms with Gasteiger partial charge in [0.05, 0.1) is 18.2 Å². The molecule has 4 aliphatic carbocycles. The Morgan fingerprint density at radius 3 is 2.46 bits per heavy atom. The van der Waals surface area contributed by atoms with Crippen molar-refractivity contribution in [2.45, 2.75) is 129 Å². The van der Waals surface area contributed by atoms with Crippen molar-refractivity contribution in [1.82, 2.24) is 4.90 Å². The zero-order valence-corrected chi connectivity index (χ0v) is 35.3. The van der Waals surface area contributed by atoms with Gasteiger partial charge in [-0.15, -0.1) is 0 Å². The number of carbonyl (C=O) groups excluding carboxylic acids is 2. The third-order valence-corrected chi connectivity index (χ3v) is 13.9. The van der Waals surface area contributed by atoms with Gasteiger partial charge in [-0.05, 0) is 123 Å². The van der Waals surface area contributed by atoms with E-state index in [9.17, 15) is 15.0 Å². The molecule has 0 saturated heterocycles. The highest BCUT2D eigenvalue weighted by Gasteiger charge is 2.58. The SMILES string of the molecule is COCCCN(C[C@]1(O)CC[C@H]2c3ccc(cc3C(=O)c3ccccc3-c3ccccc3)C[C@@H](O)CCC(C)=CCC[C@@]21C)C(=O)O[C@H]1C[C@@H](C)CC[C@@H]1C(C)C. The molecule has 1 amide bonds. The van der Waals surface area contributed by atoms with Crippen LogP contribution in [0.25, 0.3) is 11.1 Å². The summed E-state index contributed by atoms with van der Waals surface area (Å²) >= 11 is 0. The number of hydrogen-bond donors (Lipinski definition) is 2. The molecule has 0 aliphatic heterocycles. The van der Waals surface area contributed by atoms with Crippen molar-refractivity contribution in [2.24, 2.45) is 23.2 Å². The number of carbonyl (C=O) groups is 2. The van der Waals surface area contributed by atoms with Crippen LogP contribution in [-0.2, 0) is 15.9 Å². The van der Waals surface area contributed by atoms with Gasteiger partial charge in [-0.3, -0.25) is 4.79 Å². The molecule has 0 heterocycles. The maximum Gasteiger partial charge on any atom is 0.410 e. The predicted octanol–water partition coefficient (Wildman–Crippen LogP) is 10.6. The first-order valence-corrected chi connectivity index (χ1v) is 21.7. The van der Waals surface area contributed by atoms with Gasteiger partial charge in [-0.2, -0.15) is 0 Å². The van der Waals surface area contributed by atoms with Crippen LogP contribution in [0.5, 0.6) is 0 Å². The van der Waals surface area contributed by atoms with Crippen LogP contribution >= 0.6 is 0 Å². The number of aliphatic hydroxyl groups excluding tert-OH is 1. The smallest absolute Gasteiger partial charge is 0.410 e. The molecule has 0 aromatic heterocycles. The van der Waals surface area contributed by atoms with E-state index in [1.54, 1.807) is 12.0 Å². The van der Waals surface area contributed by atoms with Crippen molar-refractivity contribution in [3.63, 3.8) is 0 Å². The van der Waals surface area contributed by atoms with E-state index in [0.717, 1.165) is 54.4 Å². The predicted molar refractivity (Wildman–Crippen MR) is 228 cm³/mol. The Labute approximate surface area is 341 Å². The van der Waals surface area contributed by atoms with Crippen LogP contribution in [0.2, 0.25) is 0 Å². The van der Waals surface area contributed by atoms with Crippen LogP contribution in [0.1, 0.15) is 132 Å². The number of ketones is 1. The van der Waals surface area contributed by atoms with Crippen LogP contribution in [0.3, 0.4) is 0 Å². The van der Waals surface area contributed by atoms with E-state index in [1.165, 1.54) is 5.57 Å². The molecule has 2 N–H and O–H groups in total. The average Bonchev–Trinajstić information content (AvgIpc) is 3.45. The molecule has 0 unspecified atom stereocenters. The Morgan fingerprint density at radius 1 is 0.947 bits per heavy atom. The number of nitrogens with zero attached hydrogens (tertiary/aromatic N) is 1. The largest absolute Gasteiger partial charge is 0.446 e. The van der Waals surface area contributed by atoms with Crippen molar-refractivity contribution < 1.29 is 29.3 Å². The lowest BCUT2D eigenvalue weighted by Gasteiger charge is -2.46. The van der Waals surface area contributed by atoms with Crippen molar-refractivity contribution >= 4 is 11.9 Å². The summed E-state index contributed by atoms with van der Waals surface area (Å²) in [4.78, 5) is 31.1. The van der Waals surface area contributed by atoms with E-state index in [-0.39, 0.29) is 30.4 Å². The first kappa shape index (κ1) is 42.8. The van der Waals surface area contributed by atoms with Gasteiger partial charge >= 0.3 is 6.09 Å². The van der Waals surface area contributed by atoms with Crippen molar-refractivity contribution in [3.8, 4) is 11.1 Å². The van der Waals surface area contributed by atoms with Crippen LogP contribution in [0, 0.1) is 23.2 Å². The molecule has 2 bridgehead atoms. The number of benzene rings is 3.